The van der Waals surface area contributed by atoms with Gasteiger partial charge in [0.25, 0.3) is 5.91 Å². The van der Waals surface area contributed by atoms with E-state index in [1.54, 1.807) is 12.4 Å². The second-order valence-electron chi connectivity index (χ2n) is 5.57. The fourth-order valence-corrected chi connectivity index (χ4v) is 2.68. The molecule has 0 saturated carbocycles. The molecule has 0 fully saturated rings. The van der Waals surface area contributed by atoms with E-state index in [0.717, 1.165) is 12.1 Å². The largest absolute Gasteiger partial charge is 0.352 e. The summed E-state index contributed by atoms with van der Waals surface area (Å²) < 4.78 is 0. The number of hydrogen-bond acceptors (Lipinski definition) is 5. The maximum Gasteiger partial charge on any atom is 0.273 e. The van der Waals surface area contributed by atoms with Crippen LogP contribution in [0.1, 0.15) is 30.8 Å². The summed E-state index contributed by atoms with van der Waals surface area (Å²) in [5.41, 5.74) is 1.24. The molecule has 0 aliphatic rings. The van der Waals surface area contributed by atoms with Crippen molar-refractivity contribution in [1.29, 1.82) is 0 Å². The van der Waals surface area contributed by atoms with Crippen LogP contribution in [0.15, 0.2) is 35.7 Å². The molecular weight excluding hydrogens is 324 g/mol. The number of nitrogens with zero attached hydrogens (tertiary/aromatic N) is 2. The summed E-state index contributed by atoms with van der Waals surface area (Å²) in [6, 6.07) is 9.73. The lowest BCUT2D eigenvalue weighted by Gasteiger charge is -2.17. The van der Waals surface area contributed by atoms with Gasteiger partial charge < -0.3 is 15.5 Å². The predicted molar refractivity (Wildman–Crippen MR) is 96.7 cm³/mol. The summed E-state index contributed by atoms with van der Waals surface area (Å²) in [6.45, 7) is 3.94. The Bertz CT molecular complexity index is 687. The summed E-state index contributed by atoms with van der Waals surface area (Å²) in [5.74, 6) is -0.440. The summed E-state index contributed by atoms with van der Waals surface area (Å²) in [7, 11) is 1.60. The van der Waals surface area contributed by atoms with Crippen molar-refractivity contribution in [1.82, 2.24) is 15.2 Å². The van der Waals surface area contributed by atoms with E-state index in [9.17, 15) is 9.59 Å². The number of likely N-dealkylation sites (N-methyl/N-ethyl adjacent to an activating group) is 1. The summed E-state index contributed by atoms with van der Waals surface area (Å²) >= 11 is 1.35. The molecule has 0 spiro atoms. The zero-order valence-electron chi connectivity index (χ0n) is 14.1. The number of carbonyl (C=O) groups is 2. The molecule has 0 radical (unpaired) electrons. The van der Waals surface area contributed by atoms with Crippen molar-refractivity contribution in [2.24, 2.45) is 0 Å². The highest BCUT2D eigenvalue weighted by Crippen LogP contribution is 2.21. The predicted octanol–water partition coefficient (Wildman–Crippen LogP) is 2.87. The van der Waals surface area contributed by atoms with Crippen LogP contribution >= 0.6 is 11.3 Å². The van der Waals surface area contributed by atoms with Crippen LogP contribution in [0.25, 0.3) is 0 Å². The first-order valence-electron chi connectivity index (χ1n) is 7.82. The van der Waals surface area contributed by atoms with E-state index >= 15 is 0 Å². The lowest BCUT2D eigenvalue weighted by Crippen LogP contribution is -2.41. The smallest absolute Gasteiger partial charge is 0.273 e. The first-order valence-corrected chi connectivity index (χ1v) is 8.70. The number of thiazole rings is 1. The molecule has 2 N–H and O–H groups in total. The molecular formula is C17H22N4O2S. The Morgan fingerprint density at radius 2 is 2.00 bits per heavy atom. The Hall–Kier alpha value is -2.41. The molecule has 1 atom stereocenters. The van der Waals surface area contributed by atoms with Crippen LogP contribution < -0.4 is 10.6 Å². The number of aromatic nitrogens is 1. The van der Waals surface area contributed by atoms with Gasteiger partial charge in [-0.3, -0.25) is 9.59 Å². The number of amides is 2. The van der Waals surface area contributed by atoms with Crippen LogP contribution in [0.4, 0.5) is 10.8 Å². The van der Waals surface area contributed by atoms with Crippen LogP contribution in [0, 0.1) is 0 Å². The fourth-order valence-electron chi connectivity index (χ4n) is 1.98. The summed E-state index contributed by atoms with van der Waals surface area (Å²) in [5, 5.41) is 8.32. The van der Waals surface area contributed by atoms with E-state index in [2.05, 4.69) is 15.6 Å². The molecule has 0 aliphatic carbocycles. The van der Waals surface area contributed by atoms with Gasteiger partial charge in [0, 0.05) is 24.2 Å². The molecule has 0 aliphatic heterocycles. The third kappa shape index (κ3) is 5.06. The average molecular weight is 346 g/mol. The van der Waals surface area contributed by atoms with Gasteiger partial charge >= 0.3 is 0 Å². The minimum Gasteiger partial charge on any atom is -0.352 e. The third-order valence-corrected chi connectivity index (χ3v) is 4.25. The zero-order chi connectivity index (χ0) is 17.5. The number of rotatable bonds is 7. The molecule has 2 rings (SSSR count). The van der Waals surface area contributed by atoms with E-state index in [0.29, 0.717) is 10.8 Å². The molecule has 0 saturated heterocycles. The molecule has 2 aromatic rings. The minimum absolute atomic E-state index is 0.0160. The maximum absolute atomic E-state index is 12.4. The molecule has 1 unspecified atom stereocenters. The molecule has 6 nitrogen and oxygen atoms in total. The third-order valence-electron chi connectivity index (χ3n) is 3.50. The second-order valence-corrected chi connectivity index (χ2v) is 6.43. The van der Waals surface area contributed by atoms with Crippen molar-refractivity contribution in [3.8, 4) is 0 Å². The standard InChI is InChI=1S/C17H22N4O2S/c1-4-12(2)18-15(22)10-21(3)16(23)14-11-24-17(20-14)19-13-8-6-5-7-9-13/h5-9,11-12H,4,10H2,1-3H3,(H,18,22)(H,19,20). The normalized spacial score (nSPS) is 11.6. The zero-order valence-corrected chi connectivity index (χ0v) is 14.9. The number of benzene rings is 1. The Morgan fingerprint density at radius 3 is 2.67 bits per heavy atom. The summed E-state index contributed by atoms with van der Waals surface area (Å²) in [6.07, 6.45) is 0.851. The molecule has 0 bridgehead atoms. The fraction of sp³-hybridized carbons (Fsp3) is 0.353. The van der Waals surface area contributed by atoms with Crippen LogP contribution in [-0.4, -0.2) is 41.3 Å². The van der Waals surface area contributed by atoms with Crippen molar-refractivity contribution < 1.29 is 9.59 Å². The highest BCUT2D eigenvalue weighted by molar-refractivity contribution is 7.14. The first-order chi connectivity index (χ1) is 11.5. The lowest BCUT2D eigenvalue weighted by molar-refractivity contribution is -0.122. The van der Waals surface area contributed by atoms with Gasteiger partial charge in [0.15, 0.2) is 5.13 Å². The number of para-hydroxylation sites is 1. The SMILES string of the molecule is CCC(C)NC(=O)CN(C)C(=O)c1csc(Nc2ccccc2)n1. The molecule has 24 heavy (non-hydrogen) atoms. The number of carbonyl (C=O) groups excluding carboxylic acids is 2. The Labute approximate surface area is 145 Å². The van der Waals surface area contributed by atoms with Crippen molar-refractivity contribution in [3.63, 3.8) is 0 Å². The van der Waals surface area contributed by atoms with E-state index in [1.165, 1.54) is 16.2 Å². The van der Waals surface area contributed by atoms with Gasteiger partial charge in [-0.25, -0.2) is 4.98 Å². The number of anilines is 2. The average Bonchev–Trinajstić information content (AvgIpc) is 3.03. The van der Waals surface area contributed by atoms with Crippen LogP contribution in [-0.2, 0) is 4.79 Å². The van der Waals surface area contributed by atoms with Gasteiger partial charge in [0.2, 0.25) is 5.91 Å². The van der Waals surface area contributed by atoms with Crippen LogP contribution in [0.2, 0.25) is 0 Å². The Balaban J connectivity index is 1.93. The lowest BCUT2D eigenvalue weighted by atomic mass is 10.2. The molecule has 128 valence electrons. The van der Waals surface area contributed by atoms with Crippen molar-refractivity contribution in [2.75, 3.05) is 18.9 Å². The monoisotopic (exact) mass is 346 g/mol. The highest BCUT2D eigenvalue weighted by Gasteiger charge is 2.18. The van der Waals surface area contributed by atoms with Crippen molar-refractivity contribution in [2.45, 2.75) is 26.3 Å². The number of nitrogens with one attached hydrogen (secondary N) is 2. The first kappa shape index (κ1) is 17.9. The molecule has 1 heterocycles. The highest BCUT2D eigenvalue weighted by atomic mass is 32.1. The maximum atomic E-state index is 12.4. The number of hydrogen-bond donors (Lipinski definition) is 2. The quantitative estimate of drug-likeness (QED) is 0.808. The van der Waals surface area contributed by atoms with E-state index < -0.39 is 0 Å². The topological polar surface area (TPSA) is 74.3 Å². The van der Waals surface area contributed by atoms with Gasteiger partial charge in [0.05, 0.1) is 6.54 Å². The van der Waals surface area contributed by atoms with E-state index in [1.807, 2.05) is 44.2 Å². The van der Waals surface area contributed by atoms with Crippen LogP contribution in [0.3, 0.4) is 0 Å². The second kappa shape index (κ2) is 8.44. The molecule has 2 amide bonds. The van der Waals surface area contributed by atoms with Gasteiger partial charge in [-0.15, -0.1) is 11.3 Å². The van der Waals surface area contributed by atoms with Crippen molar-refractivity contribution in [3.05, 3.63) is 41.4 Å². The Kier molecular flexibility index (Phi) is 6.31. The molecule has 1 aromatic heterocycles. The van der Waals surface area contributed by atoms with E-state index in [4.69, 9.17) is 0 Å². The van der Waals surface area contributed by atoms with E-state index in [-0.39, 0.29) is 24.4 Å². The van der Waals surface area contributed by atoms with Gasteiger partial charge in [0.1, 0.15) is 5.69 Å². The van der Waals surface area contributed by atoms with Gasteiger partial charge in [-0.1, -0.05) is 25.1 Å². The van der Waals surface area contributed by atoms with Gasteiger partial charge in [-0.2, -0.15) is 0 Å². The van der Waals surface area contributed by atoms with Gasteiger partial charge in [-0.05, 0) is 25.5 Å². The van der Waals surface area contributed by atoms with Crippen LogP contribution in [0.5, 0.6) is 0 Å². The minimum atomic E-state index is -0.272. The van der Waals surface area contributed by atoms with Crippen molar-refractivity contribution >= 4 is 34.0 Å². The summed E-state index contributed by atoms with van der Waals surface area (Å²) in [4.78, 5) is 29.9. The molecule has 1 aromatic carbocycles. The Morgan fingerprint density at radius 1 is 1.29 bits per heavy atom. The molecule has 7 heteroatoms.